The summed E-state index contributed by atoms with van der Waals surface area (Å²) in [7, 11) is 0. The molecule has 1 saturated carbocycles. The first-order chi connectivity index (χ1) is 13.0. The van der Waals surface area contributed by atoms with Gasteiger partial charge in [0.15, 0.2) is 5.96 Å². The number of aliphatic imine (C=N–C) groups is 1. The molecule has 3 rings (SSSR count). The topological polar surface area (TPSA) is 80.2 Å². The fraction of sp³-hybridized carbons (Fsp3) is 0.667. The fourth-order valence-electron chi connectivity index (χ4n) is 3.02. The Hall–Kier alpha value is -0.620. The molecule has 1 atom stereocenters. The van der Waals surface area contributed by atoms with Crippen LogP contribution in [0.15, 0.2) is 17.1 Å². The molecular formula is C18H29ClIN5O2S. The van der Waals surface area contributed by atoms with Crippen molar-refractivity contribution >= 4 is 58.8 Å². The monoisotopic (exact) mass is 541 g/mol. The van der Waals surface area contributed by atoms with Crippen LogP contribution < -0.4 is 10.6 Å². The highest BCUT2D eigenvalue weighted by molar-refractivity contribution is 14.0. The zero-order valence-corrected chi connectivity index (χ0v) is 20.0. The normalized spacial score (nSPS) is 19.1. The van der Waals surface area contributed by atoms with Gasteiger partial charge in [0.1, 0.15) is 6.10 Å². The summed E-state index contributed by atoms with van der Waals surface area (Å²) in [5, 5.41) is 16.7. The average molecular weight is 542 g/mol. The molecule has 2 heterocycles. The van der Waals surface area contributed by atoms with Gasteiger partial charge in [0, 0.05) is 43.6 Å². The molecule has 3 N–H and O–H groups in total. The summed E-state index contributed by atoms with van der Waals surface area (Å²) in [4.78, 5) is 21.8. The summed E-state index contributed by atoms with van der Waals surface area (Å²) in [5.41, 5.74) is 0. The minimum atomic E-state index is -0.649. The lowest BCUT2D eigenvalue weighted by Crippen LogP contribution is -2.54. The van der Waals surface area contributed by atoms with Crippen molar-refractivity contribution in [3.05, 3.63) is 21.3 Å². The minimum absolute atomic E-state index is 0. The number of nitrogens with one attached hydrogen (secondary N) is 2. The molecular weight excluding hydrogens is 513 g/mol. The van der Waals surface area contributed by atoms with Crippen LogP contribution in [0.1, 0.15) is 30.7 Å². The number of hydrogen-bond acceptors (Lipinski definition) is 5. The van der Waals surface area contributed by atoms with Crippen LogP contribution in [0.5, 0.6) is 0 Å². The van der Waals surface area contributed by atoms with Crippen molar-refractivity contribution in [2.75, 3.05) is 45.8 Å². The predicted octanol–water partition coefficient (Wildman–Crippen LogP) is 1.91. The molecule has 7 nitrogen and oxygen atoms in total. The van der Waals surface area contributed by atoms with E-state index in [2.05, 4.69) is 25.4 Å². The van der Waals surface area contributed by atoms with Crippen molar-refractivity contribution in [2.24, 2.45) is 4.99 Å². The number of carbonyl (C=O) groups excluding carboxylic acids is 1. The van der Waals surface area contributed by atoms with Gasteiger partial charge in [-0.05, 0) is 31.9 Å². The fourth-order valence-corrected chi connectivity index (χ4v) is 4.06. The van der Waals surface area contributed by atoms with Gasteiger partial charge < -0.3 is 20.6 Å². The van der Waals surface area contributed by atoms with Crippen molar-refractivity contribution in [1.82, 2.24) is 20.4 Å². The van der Waals surface area contributed by atoms with E-state index < -0.39 is 6.10 Å². The maximum atomic E-state index is 12.0. The average Bonchev–Trinajstić information content (AvgIpc) is 3.35. The molecule has 0 bridgehead atoms. The molecule has 28 heavy (non-hydrogen) atoms. The van der Waals surface area contributed by atoms with E-state index in [0.717, 1.165) is 56.4 Å². The van der Waals surface area contributed by atoms with E-state index in [0.29, 0.717) is 23.5 Å². The Morgan fingerprint density at radius 1 is 1.36 bits per heavy atom. The number of carbonyl (C=O) groups is 1. The predicted molar refractivity (Wildman–Crippen MR) is 125 cm³/mol. The molecule has 1 saturated heterocycles. The first-order valence-corrected chi connectivity index (χ1v) is 10.7. The maximum absolute atomic E-state index is 12.0. The Morgan fingerprint density at radius 2 is 2.07 bits per heavy atom. The number of thiophene rings is 1. The van der Waals surface area contributed by atoms with Crippen molar-refractivity contribution in [2.45, 2.75) is 31.9 Å². The second-order valence-electron chi connectivity index (χ2n) is 6.96. The van der Waals surface area contributed by atoms with Crippen LogP contribution in [-0.4, -0.2) is 78.6 Å². The number of guanidine groups is 1. The highest BCUT2D eigenvalue weighted by Gasteiger charge is 2.26. The van der Waals surface area contributed by atoms with E-state index >= 15 is 0 Å². The SMILES string of the molecule is CCNC(=NCC(O)c1ccc(Cl)s1)N1CCN(CC(=O)NC2CC2)CC1.I. The number of nitrogens with zero attached hydrogens (tertiary/aromatic N) is 3. The Balaban J connectivity index is 0.00000280. The molecule has 158 valence electrons. The van der Waals surface area contributed by atoms with Crippen LogP contribution >= 0.6 is 46.9 Å². The van der Waals surface area contributed by atoms with Crippen molar-refractivity contribution < 1.29 is 9.90 Å². The van der Waals surface area contributed by atoms with Gasteiger partial charge in [0.2, 0.25) is 5.91 Å². The number of amides is 1. The van der Waals surface area contributed by atoms with Gasteiger partial charge >= 0.3 is 0 Å². The smallest absolute Gasteiger partial charge is 0.234 e. The van der Waals surface area contributed by atoms with Crippen LogP contribution in [0.25, 0.3) is 0 Å². The summed E-state index contributed by atoms with van der Waals surface area (Å²) in [6, 6.07) is 4.04. The molecule has 1 unspecified atom stereocenters. The van der Waals surface area contributed by atoms with Crippen LogP contribution in [-0.2, 0) is 4.79 Å². The summed E-state index contributed by atoms with van der Waals surface area (Å²) in [6.07, 6.45) is 1.58. The van der Waals surface area contributed by atoms with E-state index in [1.54, 1.807) is 6.07 Å². The quantitative estimate of drug-likeness (QED) is 0.279. The minimum Gasteiger partial charge on any atom is -0.386 e. The summed E-state index contributed by atoms with van der Waals surface area (Å²) in [6.45, 7) is 6.83. The molecule has 0 radical (unpaired) electrons. The maximum Gasteiger partial charge on any atom is 0.234 e. The number of aliphatic hydroxyl groups excluding tert-OH is 1. The highest BCUT2D eigenvalue weighted by atomic mass is 127. The largest absolute Gasteiger partial charge is 0.386 e. The second-order valence-corrected chi connectivity index (χ2v) is 8.70. The molecule has 1 aromatic rings. The third-order valence-corrected chi connectivity index (χ3v) is 5.99. The molecule has 0 spiro atoms. The second kappa shape index (κ2) is 11.5. The lowest BCUT2D eigenvalue weighted by atomic mass is 10.3. The number of hydrogen-bond donors (Lipinski definition) is 3. The summed E-state index contributed by atoms with van der Waals surface area (Å²) < 4.78 is 0.668. The molecule has 1 amide bonds. The Morgan fingerprint density at radius 3 is 2.64 bits per heavy atom. The van der Waals surface area contributed by atoms with Gasteiger partial charge in [-0.3, -0.25) is 14.7 Å². The number of piperazine rings is 1. The first-order valence-electron chi connectivity index (χ1n) is 9.53. The summed E-state index contributed by atoms with van der Waals surface area (Å²) in [5.74, 6) is 0.936. The highest BCUT2D eigenvalue weighted by Crippen LogP contribution is 2.27. The van der Waals surface area contributed by atoms with E-state index in [-0.39, 0.29) is 29.9 Å². The van der Waals surface area contributed by atoms with Crippen molar-refractivity contribution in [3.63, 3.8) is 0 Å². The van der Waals surface area contributed by atoms with E-state index in [9.17, 15) is 9.90 Å². The van der Waals surface area contributed by atoms with Crippen molar-refractivity contribution in [3.8, 4) is 0 Å². The number of rotatable bonds is 7. The zero-order valence-electron chi connectivity index (χ0n) is 16.1. The molecule has 2 aliphatic rings. The van der Waals surface area contributed by atoms with Crippen LogP contribution in [0.2, 0.25) is 4.34 Å². The van der Waals surface area contributed by atoms with Gasteiger partial charge in [-0.25, -0.2) is 0 Å². The molecule has 2 fully saturated rings. The molecule has 1 aliphatic carbocycles. The van der Waals surface area contributed by atoms with Gasteiger partial charge in [-0.1, -0.05) is 11.6 Å². The lowest BCUT2D eigenvalue weighted by Gasteiger charge is -2.36. The zero-order chi connectivity index (χ0) is 19.2. The van der Waals surface area contributed by atoms with Gasteiger partial charge in [-0.15, -0.1) is 35.3 Å². The molecule has 1 aliphatic heterocycles. The standard InChI is InChI=1S/C18H28ClN5O2S.HI/c1-2-20-18(21-11-14(25)15-5-6-16(19)27-15)24-9-7-23(8-10-24)12-17(26)22-13-3-4-13;/h5-6,13-14,25H,2-4,7-12H2,1H3,(H,20,21)(H,22,26);1H. The lowest BCUT2D eigenvalue weighted by molar-refractivity contribution is -0.122. The van der Waals surface area contributed by atoms with Crippen molar-refractivity contribution in [1.29, 1.82) is 0 Å². The van der Waals surface area contributed by atoms with Crippen LogP contribution in [0, 0.1) is 0 Å². The molecule has 1 aromatic heterocycles. The van der Waals surface area contributed by atoms with Gasteiger partial charge in [-0.2, -0.15) is 0 Å². The third-order valence-electron chi connectivity index (χ3n) is 4.65. The molecule has 10 heteroatoms. The van der Waals surface area contributed by atoms with Gasteiger partial charge in [0.25, 0.3) is 0 Å². The van der Waals surface area contributed by atoms with Crippen LogP contribution in [0.3, 0.4) is 0 Å². The Bertz CT molecular complexity index is 662. The third kappa shape index (κ3) is 7.33. The summed E-state index contributed by atoms with van der Waals surface area (Å²) >= 11 is 7.32. The van der Waals surface area contributed by atoms with E-state index in [1.807, 2.05) is 13.0 Å². The Labute approximate surface area is 192 Å². The van der Waals surface area contributed by atoms with E-state index in [4.69, 9.17) is 11.6 Å². The molecule has 0 aromatic carbocycles. The van der Waals surface area contributed by atoms with E-state index in [1.165, 1.54) is 11.3 Å². The Kier molecular flexibility index (Phi) is 9.75. The van der Waals surface area contributed by atoms with Crippen LogP contribution in [0.4, 0.5) is 0 Å². The van der Waals surface area contributed by atoms with Gasteiger partial charge in [0.05, 0.1) is 17.4 Å². The number of aliphatic hydroxyl groups is 1. The number of halogens is 2. The first kappa shape index (κ1) is 23.7.